The topological polar surface area (TPSA) is 35.2 Å². The fraction of sp³-hybridized carbons (Fsp3) is 1.00. The first-order chi connectivity index (χ1) is 9.31. The van der Waals surface area contributed by atoms with Crippen LogP contribution in [0.25, 0.3) is 0 Å². The summed E-state index contributed by atoms with van der Waals surface area (Å²) in [5.41, 5.74) is 6.74. The van der Waals surface area contributed by atoms with E-state index >= 15 is 0 Å². The Hall–Kier alpha value is -0.0800. The maximum atomic E-state index is 6.38. The van der Waals surface area contributed by atoms with Crippen LogP contribution < -0.4 is 5.73 Å². The summed E-state index contributed by atoms with van der Waals surface area (Å²) in [6.45, 7) is 1.01. The summed E-state index contributed by atoms with van der Waals surface area (Å²) < 4.78 is 6.36. The third-order valence-corrected chi connectivity index (χ3v) is 6.14. The molecule has 3 saturated carbocycles. The highest BCUT2D eigenvalue weighted by Crippen LogP contribution is 2.51. The molecule has 0 aromatic rings. The highest BCUT2D eigenvalue weighted by atomic mass is 16.5. The van der Waals surface area contributed by atoms with Crippen molar-refractivity contribution in [2.24, 2.45) is 17.1 Å². The molecule has 2 unspecified atom stereocenters. The van der Waals surface area contributed by atoms with Gasteiger partial charge in [-0.25, -0.2) is 0 Å². The molecule has 0 radical (unpaired) electrons. The minimum Gasteiger partial charge on any atom is -0.377 e. The van der Waals surface area contributed by atoms with E-state index in [1.807, 2.05) is 0 Å². The predicted octanol–water partition coefficient (Wildman–Crippen LogP) is 4.02. The molecule has 0 aromatic heterocycles. The van der Waals surface area contributed by atoms with Crippen molar-refractivity contribution >= 4 is 0 Å². The fourth-order valence-corrected chi connectivity index (χ4v) is 4.70. The average molecular weight is 265 g/mol. The van der Waals surface area contributed by atoms with Crippen LogP contribution in [-0.2, 0) is 4.74 Å². The van der Waals surface area contributed by atoms with Crippen molar-refractivity contribution < 1.29 is 4.74 Å². The number of rotatable bonds is 3. The van der Waals surface area contributed by atoms with Gasteiger partial charge in [0.2, 0.25) is 0 Å². The number of nitrogens with two attached hydrogens (primary N) is 1. The molecule has 110 valence electrons. The normalized spacial score (nSPS) is 35.8. The molecule has 2 N–H and O–H groups in total. The molecule has 3 fully saturated rings. The Labute approximate surface area is 118 Å². The standard InChI is InChI=1S/C17H31NO/c18-15-12-16(17(15)10-6-1-2-7-11-17)19-13-14-8-4-3-5-9-14/h14-16H,1-13,18H2. The van der Waals surface area contributed by atoms with Gasteiger partial charge in [0.05, 0.1) is 6.10 Å². The molecule has 0 aliphatic heterocycles. The molecular weight excluding hydrogens is 234 g/mol. The van der Waals surface area contributed by atoms with Crippen LogP contribution in [0.5, 0.6) is 0 Å². The van der Waals surface area contributed by atoms with Gasteiger partial charge in [-0.1, -0.05) is 44.9 Å². The Morgan fingerprint density at radius 1 is 0.895 bits per heavy atom. The maximum absolute atomic E-state index is 6.38. The SMILES string of the molecule is NC1CC(OCC2CCCCC2)C12CCCCCC2. The van der Waals surface area contributed by atoms with Crippen molar-refractivity contribution in [1.29, 1.82) is 0 Å². The van der Waals surface area contributed by atoms with E-state index in [1.54, 1.807) is 0 Å². The molecule has 0 saturated heterocycles. The monoisotopic (exact) mass is 265 g/mol. The van der Waals surface area contributed by atoms with E-state index in [9.17, 15) is 0 Å². The first-order valence-corrected chi connectivity index (χ1v) is 8.68. The van der Waals surface area contributed by atoms with Crippen LogP contribution in [-0.4, -0.2) is 18.8 Å². The van der Waals surface area contributed by atoms with E-state index in [-0.39, 0.29) is 0 Å². The van der Waals surface area contributed by atoms with Gasteiger partial charge in [0.15, 0.2) is 0 Å². The van der Waals surface area contributed by atoms with E-state index in [2.05, 4.69) is 0 Å². The van der Waals surface area contributed by atoms with Crippen LogP contribution in [0.3, 0.4) is 0 Å². The molecule has 0 aromatic carbocycles. The highest BCUT2D eigenvalue weighted by molar-refractivity contribution is 5.07. The van der Waals surface area contributed by atoms with Gasteiger partial charge in [0.25, 0.3) is 0 Å². The molecule has 3 aliphatic carbocycles. The molecule has 3 rings (SSSR count). The van der Waals surface area contributed by atoms with Crippen molar-refractivity contribution in [2.45, 2.75) is 89.2 Å². The molecule has 2 nitrogen and oxygen atoms in total. The quantitative estimate of drug-likeness (QED) is 0.836. The van der Waals surface area contributed by atoms with Gasteiger partial charge in [0, 0.05) is 18.1 Å². The molecule has 2 heteroatoms. The van der Waals surface area contributed by atoms with Crippen molar-refractivity contribution in [3.8, 4) is 0 Å². The van der Waals surface area contributed by atoms with E-state index in [4.69, 9.17) is 10.5 Å². The van der Waals surface area contributed by atoms with Gasteiger partial charge < -0.3 is 10.5 Å². The molecule has 0 amide bonds. The predicted molar refractivity (Wildman–Crippen MR) is 79.0 cm³/mol. The lowest BCUT2D eigenvalue weighted by atomic mass is 9.58. The summed E-state index contributed by atoms with van der Waals surface area (Å²) in [4.78, 5) is 0. The summed E-state index contributed by atoms with van der Waals surface area (Å²) in [6.07, 6.45) is 16.9. The molecule has 1 spiro atoms. The first-order valence-electron chi connectivity index (χ1n) is 8.68. The second-order valence-electron chi connectivity index (χ2n) is 7.32. The summed E-state index contributed by atoms with van der Waals surface area (Å²) in [5, 5.41) is 0. The zero-order valence-electron chi connectivity index (χ0n) is 12.4. The Bertz CT molecular complexity index is 277. The van der Waals surface area contributed by atoms with Gasteiger partial charge in [-0.05, 0) is 38.0 Å². The zero-order valence-corrected chi connectivity index (χ0v) is 12.4. The van der Waals surface area contributed by atoms with E-state index in [1.165, 1.54) is 70.6 Å². The van der Waals surface area contributed by atoms with E-state index in [0.717, 1.165) is 18.9 Å². The maximum Gasteiger partial charge on any atom is 0.0661 e. The average Bonchev–Trinajstić information content (AvgIpc) is 2.72. The number of hydrogen-bond donors (Lipinski definition) is 1. The summed E-state index contributed by atoms with van der Waals surface area (Å²) >= 11 is 0. The lowest BCUT2D eigenvalue weighted by Gasteiger charge is -2.54. The molecule has 0 heterocycles. The Morgan fingerprint density at radius 2 is 1.53 bits per heavy atom. The molecule has 19 heavy (non-hydrogen) atoms. The summed E-state index contributed by atoms with van der Waals surface area (Å²) in [6, 6.07) is 0.418. The lowest BCUT2D eigenvalue weighted by Crippen LogP contribution is -2.62. The van der Waals surface area contributed by atoms with Crippen LogP contribution in [0, 0.1) is 11.3 Å². The van der Waals surface area contributed by atoms with Crippen LogP contribution in [0.1, 0.15) is 77.0 Å². The van der Waals surface area contributed by atoms with Crippen molar-refractivity contribution in [1.82, 2.24) is 0 Å². The number of hydrogen-bond acceptors (Lipinski definition) is 2. The van der Waals surface area contributed by atoms with Crippen molar-refractivity contribution in [2.75, 3.05) is 6.61 Å². The van der Waals surface area contributed by atoms with Crippen LogP contribution in [0.2, 0.25) is 0 Å². The Morgan fingerprint density at radius 3 is 2.16 bits per heavy atom. The third-order valence-electron chi connectivity index (χ3n) is 6.14. The van der Waals surface area contributed by atoms with E-state index < -0.39 is 0 Å². The van der Waals surface area contributed by atoms with Gasteiger partial charge in [0.1, 0.15) is 0 Å². The van der Waals surface area contributed by atoms with Gasteiger partial charge in [-0.2, -0.15) is 0 Å². The first kappa shape index (κ1) is 13.9. The second kappa shape index (κ2) is 6.13. The largest absolute Gasteiger partial charge is 0.377 e. The zero-order chi connectivity index (χ0) is 13.1. The smallest absolute Gasteiger partial charge is 0.0661 e. The lowest BCUT2D eigenvalue weighted by molar-refractivity contribution is -0.143. The third kappa shape index (κ3) is 2.85. The van der Waals surface area contributed by atoms with Crippen LogP contribution >= 0.6 is 0 Å². The van der Waals surface area contributed by atoms with Gasteiger partial charge in [-0.3, -0.25) is 0 Å². The van der Waals surface area contributed by atoms with E-state index in [0.29, 0.717) is 17.6 Å². The van der Waals surface area contributed by atoms with Crippen LogP contribution in [0.15, 0.2) is 0 Å². The van der Waals surface area contributed by atoms with Crippen molar-refractivity contribution in [3.05, 3.63) is 0 Å². The molecular formula is C17H31NO. The Kier molecular flexibility index (Phi) is 4.48. The molecule has 3 aliphatic rings. The summed E-state index contributed by atoms with van der Waals surface area (Å²) in [7, 11) is 0. The molecule has 0 bridgehead atoms. The minimum atomic E-state index is 0.366. The summed E-state index contributed by atoms with van der Waals surface area (Å²) in [5.74, 6) is 0.841. The molecule has 2 atom stereocenters. The van der Waals surface area contributed by atoms with Gasteiger partial charge in [-0.15, -0.1) is 0 Å². The second-order valence-corrected chi connectivity index (χ2v) is 7.32. The van der Waals surface area contributed by atoms with Gasteiger partial charge >= 0.3 is 0 Å². The number of ether oxygens (including phenoxy) is 1. The van der Waals surface area contributed by atoms with Crippen molar-refractivity contribution in [3.63, 3.8) is 0 Å². The fourth-order valence-electron chi connectivity index (χ4n) is 4.70. The highest BCUT2D eigenvalue weighted by Gasteiger charge is 2.53. The van der Waals surface area contributed by atoms with Crippen LogP contribution in [0.4, 0.5) is 0 Å². The minimum absolute atomic E-state index is 0.366. The Balaban J connectivity index is 1.52.